The van der Waals surface area contributed by atoms with E-state index in [9.17, 15) is 9.90 Å². The Kier molecular flexibility index (Phi) is 4.46. The standard InChI is InChI=1S/C11H21NO2S/c1-4-11(5-2,15-3)8-12-7-9(13)6-10(12)14/h9,13H,4-8H2,1-3H3. The highest BCUT2D eigenvalue weighted by molar-refractivity contribution is 8.00. The first-order valence-corrected chi connectivity index (χ1v) is 6.80. The first-order chi connectivity index (χ1) is 7.06. The van der Waals surface area contributed by atoms with Gasteiger partial charge < -0.3 is 10.0 Å². The smallest absolute Gasteiger partial charge is 0.225 e. The van der Waals surface area contributed by atoms with Crippen LogP contribution in [0.25, 0.3) is 0 Å². The number of likely N-dealkylation sites (tertiary alicyclic amines) is 1. The van der Waals surface area contributed by atoms with Gasteiger partial charge in [-0.2, -0.15) is 11.8 Å². The van der Waals surface area contributed by atoms with Crippen molar-refractivity contribution in [1.82, 2.24) is 4.90 Å². The number of nitrogens with zero attached hydrogens (tertiary/aromatic N) is 1. The lowest BCUT2D eigenvalue weighted by Crippen LogP contribution is -2.41. The second-order valence-corrected chi connectivity index (χ2v) is 5.50. The second kappa shape index (κ2) is 5.21. The minimum absolute atomic E-state index is 0.0998. The van der Waals surface area contributed by atoms with Crippen LogP contribution < -0.4 is 0 Å². The molecule has 0 bridgehead atoms. The molecule has 1 aliphatic heterocycles. The molecule has 0 aromatic rings. The summed E-state index contributed by atoms with van der Waals surface area (Å²) in [6.07, 6.45) is 4.07. The summed E-state index contributed by atoms with van der Waals surface area (Å²) in [5, 5.41) is 9.42. The Morgan fingerprint density at radius 1 is 1.53 bits per heavy atom. The van der Waals surface area contributed by atoms with Crippen molar-refractivity contribution in [3.05, 3.63) is 0 Å². The Bertz CT molecular complexity index is 220. The molecule has 1 N–H and O–H groups in total. The third-order valence-electron chi connectivity index (χ3n) is 3.39. The predicted molar refractivity (Wildman–Crippen MR) is 64.0 cm³/mol. The van der Waals surface area contributed by atoms with E-state index in [0.29, 0.717) is 13.0 Å². The molecule has 1 heterocycles. The van der Waals surface area contributed by atoms with E-state index in [1.54, 1.807) is 0 Å². The van der Waals surface area contributed by atoms with Gasteiger partial charge in [0, 0.05) is 17.8 Å². The number of amides is 1. The number of rotatable bonds is 5. The molecular formula is C11H21NO2S. The van der Waals surface area contributed by atoms with Crippen molar-refractivity contribution < 1.29 is 9.90 Å². The summed E-state index contributed by atoms with van der Waals surface area (Å²) < 4.78 is 0.166. The van der Waals surface area contributed by atoms with Gasteiger partial charge in [0.2, 0.25) is 5.91 Å². The number of carbonyl (C=O) groups is 1. The summed E-state index contributed by atoms with van der Waals surface area (Å²) in [4.78, 5) is 13.4. The minimum Gasteiger partial charge on any atom is -0.391 e. The topological polar surface area (TPSA) is 40.5 Å². The van der Waals surface area contributed by atoms with E-state index in [0.717, 1.165) is 19.4 Å². The number of carbonyl (C=O) groups excluding carboxylic acids is 1. The number of aliphatic hydroxyl groups excluding tert-OH is 1. The summed E-state index contributed by atoms with van der Waals surface area (Å²) in [5.74, 6) is 0.0998. The third kappa shape index (κ3) is 2.88. The molecular weight excluding hydrogens is 210 g/mol. The first-order valence-electron chi connectivity index (χ1n) is 5.58. The van der Waals surface area contributed by atoms with Crippen molar-refractivity contribution in [1.29, 1.82) is 0 Å². The van der Waals surface area contributed by atoms with E-state index in [-0.39, 0.29) is 10.7 Å². The van der Waals surface area contributed by atoms with E-state index in [2.05, 4.69) is 20.1 Å². The van der Waals surface area contributed by atoms with Crippen molar-refractivity contribution in [3.63, 3.8) is 0 Å². The SMILES string of the molecule is CCC(CC)(CN1CC(O)CC1=O)SC. The summed E-state index contributed by atoms with van der Waals surface area (Å²) in [7, 11) is 0. The number of β-amino-alcohol motifs (C(OH)–C–C–N with tert-alkyl or cyclic N) is 1. The van der Waals surface area contributed by atoms with Crippen molar-refractivity contribution in [2.45, 2.75) is 44.0 Å². The van der Waals surface area contributed by atoms with Crippen LogP contribution in [0.5, 0.6) is 0 Å². The van der Waals surface area contributed by atoms with Gasteiger partial charge in [-0.1, -0.05) is 13.8 Å². The Balaban J connectivity index is 2.62. The largest absolute Gasteiger partial charge is 0.391 e. The van der Waals surface area contributed by atoms with Crippen LogP contribution in [0.1, 0.15) is 33.1 Å². The summed E-state index contributed by atoms with van der Waals surface area (Å²) >= 11 is 1.83. The lowest BCUT2D eigenvalue weighted by Gasteiger charge is -2.34. The molecule has 1 fully saturated rings. The number of thioether (sulfide) groups is 1. The van der Waals surface area contributed by atoms with Gasteiger partial charge in [-0.3, -0.25) is 4.79 Å². The Labute approximate surface area is 96.2 Å². The molecule has 15 heavy (non-hydrogen) atoms. The molecule has 0 aromatic carbocycles. The molecule has 1 amide bonds. The van der Waals surface area contributed by atoms with Gasteiger partial charge in [0.1, 0.15) is 0 Å². The van der Waals surface area contributed by atoms with Crippen LogP contribution in [0.4, 0.5) is 0 Å². The molecule has 3 nitrogen and oxygen atoms in total. The fourth-order valence-electron chi connectivity index (χ4n) is 2.08. The van der Waals surface area contributed by atoms with Gasteiger partial charge in [-0.15, -0.1) is 0 Å². The average molecular weight is 231 g/mol. The van der Waals surface area contributed by atoms with E-state index < -0.39 is 6.10 Å². The van der Waals surface area contributed by atoms with Crippen LogP contribution in [0.15, 0.2) is 0 Å². The average Bonchev–Trinajstić information content (AvgIpc) is 2.54. The maximum absolute atomic E-state index is 11.6. The molecule has 0 saturated carbocycles. The Morgan fingerprint density at radius 2 is 2.13 bits per heavy atom. The highest BCUT2D eigenvalue weighted by Gasteiger charge is 2.34. The molecule has 0 radical (unpaired) electrons. The molecule has 0 spiro atoms. The van der Waals surface area contributed by atoms with Crippen LogP contribution in [0.3, 0.4) is 0 Å². The van der Waals surface area contributed by atoms with Crippen molar-refractivity contribution in [3.8, 4) is 0 Å². The summed E-state index contributed by atoms with van der Waals surface area (Å²) in [6, 6.07) is 0. The van der Waals surface area contributed by atoms with Crippen LogP contribution in [0, 0.1) is 0 Å². The molecule has 4 heteroatoms. The molecule has 1 rings (SSSR count). The van der Waals surface area contributed by atoms with Gasteiger partial charge in [0.05, 0.1) is 12.5 Å². The number of aliphatic hydroxyl groups is 1. The zero-order chi connectivity index (χ0) is 11.5. The first kappa shape index (κ1) is 12.8. The van der Waals surface area contributed by atoms with Gasteiger partial charge in [-0.25, -0.2) is 0 Å². The quantitative estimate of drug-likeness (QED) is 0.779. The maximum Gasteiger partial charge on any atom is 0.225 e. The van der Waals surface area contributed by atoms with Gasteiger partial charge in [-0.05, 0) is 19.1 Å². The zero-order valence-corrected chi connectivity index (χ0v) is 10.6. The molecule has 1 unspecified atom stereocenters. The minimum atomic E-state index is -0.453. The van der Waals surface area contributed by atoms with Crippen molar-refractivity contribution in [2.24, 2.45) is 0 Å². The van der Waals surface area contributed by atoms with Crippen molar-refractivity contribution >= 4 is 17.7 Å². The third-order valence-corrected chi connectivity index (χ3v) is 4.97. The Hall–Kier alpha value is -0.220. The molecule has 0 aliphatic carbocycles. The normalized spacial score (nSPS) is 22.5. The van der Waals surface area contributed by atoms with Gasteiger partial charge >= 0.3 is 0 Å². The van der Waals surface area contributed by atoms with E-state index in [1.807, 2.05) is 16.7 Å². The fourth-order valence-corrected chi connectivity index (χ4v) is 2.94. The zero-order valence-electron chi connectivity index (χ0n) is 9.82. The molecule has 88 valence electrons. The lowest BCUT2D eigenvalue weighted by atomic mass is 10.0. The summed E-state index contributed by atoms with van der Waals surface area (Å²) in [6.45, 7) is 5.62. The molecule has 1 saturated heterocycles. The van der Waals surface area contributed by atoms with E-state index in [1.165, 1.54) is 0 Å². The highest BCUT2D eigenvalue weighted by Crippen LogP contribution is 2.32. The van der Waals surface area contributed by atoms with Crippen LogP contribution >= 0.6 is 11.8 Å². The summed E-state index contributed by atoms with van der Waals surface area (Å²) in [5.41, 5.74) is 0. The van der Waals surface area contributed by atoms with Gasteiger partial charge in [0.25, 0.3) is 0 Å². The van der Waals surface area contributed by atoms with E-state index in [4.69, 9.17) is 0 Å². The fraction of sp³-hybridized carbons (Fsp3) is 0.909. The second-order valence-electron chi connectivity index (χ2n) is 4.23. The van der Waals surface area contributed by atoms with Crippen LogP contribution in [0.2, 0.25) is 0 Å². The Morgan fingerprint density at radius 3 is 2.47 bits per heavy atom. The van der Waals surface area contributed by atoms with Crippen LogP contribution in [-0.4, -0.2) is 46.1 Å². The molecule has 0 aromatic heterocycles. The maximum atomic E-state index is 11.6. The predicted octanol–water partition coefficient (Wildman–Crippen LogP) is 1.50. The highest BCUT2D eigenvalue weighted by atomic mass is 32.2. The number of hydrogen-bond donors (Lipinski definition) is 1. The van der Waals surface area contributed by atoms with E-state index >= 15 is 0 Å². The van der Waals surface area contributed by atoms with Crippen molar-refractivity contribution in [2.75, 3.05) is 19.3 Å². The molecule has 1 atom stereocenters. The number of hydrogen-bond acceptors (Lipinski definition) is 3. The molecule has 1 aliphatic rings. The van der Waals surface area contributed by atoms with Gasteiger partial charge in [0.15, 0.2) is 0 Å². The monoisotopic (exact) mass is 231 g/mol. The van der Waals surface area contributed by atoms with Crippen LogP contribution in [-0.2, 0) is 4.79 Å². The lowest BCUT2D eigenvalue weighted by molar-refractivity contribution is -0.128.